The van der Waals surface area contributed by atoms with Crippen molar-refractivity contribution in [1.29, 1.82) is 5.26 Å². The summed E-state index contributed by atoms with van der Waals surface area (Å²) in [7, 11) is -3.91. The normalized spacial score (nSPS) is 12.0. The fraction of sp³-hybridized carbons (Fsp3) is 0.357. The Morgan fingerprint density at radius 2 is 1.91 bits per heavy atom. The van der Waals surface area contributed by atoms with Crippen LogP contribution < -0.4 is 10.0 Å². The zero-order valence-electron chi connectivity index (χ0n) is 12.7. The Hall–Kier alpha value is -2.44. The topological polar surface area (TPSA) is 125 Å². The van der Waals surface area contributed by atoms with Crippen LogP contribution in [-0.2, 0) is 24.3 Å². The Morgan fingerprint density at radius 3 is 2.43 bits per heavy atom. The molecule has 9 heteroatoms. The van der Waals surface area contributed by atoms with Crippen LogP contribution in [0.1, 0.15) is 19.4 Å². The Morgan fingerprint density at radius 1 is 1.30 bits per heavy atom. The largest absolute Gasteiger partial charge is 0.452 e. The zero-order chi connectivity index (χ0) is 17.5. The fourth-order valence-electron chi connectivity index (χ4n) is 1.56. The summed E-state index contributed by atoms with van der Waals surface area (Å²) in [4.78, 5) is 22.9. The molecule has 1 rings (SSSR count). The molecule has 0 saturated carbocycles. The first-order valence-electron chi connectivity index (χ1n) is 6.77. The van der Waals surface area contributed by atoms with Crippen molar-refractivity contribution in [3.05, 3.63) is 29.8 Å². The number of nitrogens with one attached hydrogen (secondary N) is 2. The summed E-state index contributed by atoms with van der Waals surface area (Å²) in [6, 6.07) is 7.08. The van der Waals surface area contributed by atoms with Crippen molar-refractivity contribution in [3.63, 3.8) is 0 Å². The number of esters is 1. The van der Waals surface area contributed by atoms with Gasteiger partial charge in [-0.1, -0.05) is 0 Å². The van der Waals surface area contributed by atoms with Gasteiger partial charge in [0.05, 0.1) is 16.5 Å². The van der Waals surface area contributed by atoms with E-state index in [2.05, 4.69) is 10.0 Å². The van der Waals surface area contributed by atoms with Gasteiger partial charge >= 0.3 is 5.97 Å². The van der Waals surface area contributed by atoms with Crippen LogP contribution in [0.2, 0.25) is 0 Å². The van der Waals surface area contributed by atoms with Crippen LogP contribution in [0.25, 0.3) is 0 Å². The molecule has 0 aromatic heterocycles. The Balaban J connectivity index is 2.60. The zero-order valence-corrected chi connectivity index (χ0v) is 13.5. The molecule has 0 spiro atoms. The lowest BCUT2D eigenvalue weighted by atomic mass is 10.2. The van der Waals surface area contributed by atoms with E-state index in [4.69, 9.17) is 10.00 Å². The SMILES string of the molecule is CCNC(=O)[C@@H](C)OC(=O)CNS(=O)(=O)c1ccc(C#N)cc1. The van der Waals surface area contributed by atoms with Gasteiger partial charge in [0.25, 0.3) is 5.91 Å². The number of rotatable bonds is 7. The maximum Gasteiger partial charge on any atom is 0.321 e. The van der Waals surface area contributed by atoms with Gasteiger partial charge in [0.2, 0.25) is 10.0 Å². The number of hydrogen-bond acceptors (Lipinski definition) is 6. The number of hydrogen-bond donors (Lipinski definition) is 2. The number of nitrogens with zero attached hydrogens (tertiary/aromatic N) is 1. The van der Waals surface area contributed by atoms with Gasteiger partial charge < -0.3 is 10.1 Å². The number of likely N-dealkylation sites (N-methyl/N-ethyl adjacent to an activating group) is 1. The summed E-state index contributed by atoms with van der Waals surface area (Å²) < 4.78 is 30.8. The molecule has 0 aliphatic carbocycles. The first kappa shape index (κ1) is 18.6. The van der Waals surface area contributed by atoms with Crippen molar-refractivity contribution in [3.8, 4) is 6.07 Å². The minimum absolute atomic E-state index is 0.0823. The number of carbonyl (C=O) groups excluding carboxylic acids is 2. The van der Waals surface area contributed by atoms with Crippen LogP contribution in [0, 0.1) is 11.3 Å². The summed E-state index contributed by atoms with van der Waals surface area (Å²) in [5, 5.41) is 11.1. The molecule has 0 saturated heterocycles. The molecular weight excluding hydrogens is 322 g/mol. The van der Waals surface area contributed by atoms with Crippen molar-refractivity contribution in [2.24, 2.45) is 0 Å². The molecular formula is C14H17N3O5S. The van der Waals surface area contributed by atoms with Gasteiger partial charge in [-0.2, -0.15) is 9.98 Å². The summed E-state index contributed by atoms with van der Waals surface area (Å²) in [6.07, 6.45) is -1.01. The summed E-state index contributed by atoms with van der Waals surface area (Å²) in [5.41, 5.74) is 0.319. The average molecular weight is 339 g/mol. The van der Waals surface area contributed by atoms with E-state index in [0.717, 1.165) is 0 Å². The highest BCUT2D eigenvalue weighted by atomic mass is 32.2. The van der Waals surface area contributed by atoms with E-state index in [9.17, 15) is 18.0 Å². The van der Waals surface area contributed by atoms with Gasteiger partial charge in [0, 0.05) is 6.54 Å². The van der Waals surface area contributed by atoms with Crippen molar-refractivity contribution in [2.75, 3.05) is 13.1 Å². The van der Waals surface area contributed by atoms with Crippen LogP contribution in [0.4, 0.5) is 0 Å². The quantitative estimate of drug-likeness (QED) is 0.669. The molecule has 0 fully saturated rings. The highest BCUT2D eigenvalue weighted by Crippen LogP contribution is 2.09. The van der Waals surface area contributed by atoms with Gasteiger partial charge in [-0.15, -0.1) is 0 Å². The molecule has 0 bridgehead atoms. The van der Waals surface area contributed by atoms with Gasteiger partial charge in [-0.05, 0) is 38.1 Å². The minimum Gasteiger partial charge on any atom is -0.452 e. The maximum atomic E-state index is 12.0. The van der Waals surface area contributed by atoms with Crippen molar-refractivity contribution < 1.29 is 22.7 Å². The molecule has 1 aromatic rings. The van der Waals surface area contributed by atoms with Crippen LogP contribution in [0.15, 0.2) is 29.2 Å². The van der Waals surface area contributed by atoms with E-state index in [1.165, 1.54) is 31.2 Å². The smallest absolute Gasteiger partial charge is 0.321 e. The number of carbonyl (C=O) groups is 2. The third-order valence-electron chi connectivity index (χ3n) is 2.73. The second kappa shape index (κ2) is 8.26. The Kier molecular flexibility index (Phi) is 6.68. The number of amides is 1. The van der Waals surface area contributed by atoms with E-state index < -0.39 is 34.5 Å². The molecule has 124 valence electrons. The van der Waals surface area contributed by atoms with E-state index in [1.54, 1.807) is 6.92 Å². The summed E-state index contributed by atoms with van der Waals surface area (Å²) in [5.74, 6) is -1.34. The van der Waals surface area contributed by atoms with Crippen LogP contribution in [0.3, 0.4) is 0 Å². The number of ether oxygens (including phenoxy) is 1. The monoisotopic (exact) mass is 339 g/mol. The average Bonchev–Trinajstić information content (AvgIpc) is 2.53. The highest BCUT2D eigenvalue weighted by molar-refractivity contribution is 7.89. The molecule has 0 unspecified atom stereocenters. The maximum absolute atomic E-state index is 12.0. The highest BCUT2D eigenvalue weighted by Gasteiger charge is 2.20. The lowest BCUT2D eigenvalue weighted by Crippen LogP contribution is -2.38. The molecule has 0 aliphatic heterocycles. The predicted molar refractivity (Wildman–Crippen MR) is 80.6 cm³/mol. The molecule has 23 heavy (non-hydrogen) atoms. The van der Waals surface area contributed by atoms with Crippen molar-refractivity contribution in [1.82, 2.24) is 10.0 Å². The van der Waals surface area contributed by atoms with Crippen LogP contribution in [0.5, 0.6) is 0 Å². The first-order valence-corrected chi connectivity index (χ1v) is 8.25. The van der Waals surface area contributed by atoms with Gasteiger partial charge in [-0.25, -0.2) is 8.42 Å². The molecule has 8 nitrogen and oxygen atoms in total. The summed E-state index contributed by atoms with van der Waals surface area (Å²) in [6.45, 7) is 2.90. The molecule has 1 amide bonds. The second-order valence-corrected chi connectivity index (χ2v) is 6.25. The lowest BCUT2D eigenvalue weighted by molar-refractivity contribution is -0.153. The lowest BCUT2D eigenvalue weighted by Gasteiger charge is -2.13. The van der Waals surface area contributed by atoms with Gasteiger partial charge in [0.15, 0.2) is 6.10 Å². The fourth-order valence-corrected chi connectivity index (χ4v) is 2.53. The molecule has 1 atom stereocenters. The van der Waals surface area contributed by atoms with E-state index >= 15 is 0 Å². The number of nitriles is 1. The van der Waals surface area contributed by atoms with Crippen LogP contribution >= 0.6 is 0 Å². The van der Waals surface area contributed by atoms with E-state index in [-0.39, 0.29) is 4.90 Å². The van der Waals surface area contributed by atoms with Crippen molar-refractivity contribution >= 4 is 21.9 Å². The first-order chi connectivity index (χ1) is 10.8. The standard InChI is InChI=1S/C14H17N3O5S/c1-3-16-14(19)10(2)22-13(18)9-17-23(20,21)12-6-4-11(8-15)5-7-12/h4-7,10,17H,3,9H2,1-2H3,(H,16,19)/t10-/m1/s1. The van der Waals surface area contributed by atoms with E-state index in [1.807, 2.05) is 6.07 Å². The summed E-state index contributed by atoms with van der Waals surface area (Å²) >= 11 is 0. The molecule has 0 radical (unpaired) electrons. The molecule has 1 aromatic carbocycles. The van der Waals surface area contributed by atoms with E-state index in [0.29, 0.717) is 12.1 Å². The number of benzene rings is 1. The Labute approximate surface area is 134 Å². The van der Waals surface area contributed by atoms with Crippen LogP contribution in [-0.4, -0.2) is 39.5 Å². The second-order valence-electron chi connectivity index (χ2n) is 4.49. The predicted octanol–water partition coefficient (Wildman–Crippen LogP) is -0.0956. The third-order valence-corrected chi connectivity index (χ3v) is 4.15. The molecule has 0 heterocycles. The number of sulfonamides is 1. The van der Waals surface area contributed by atoms with Gasteiger partial charge in [0.1, 0.15) is 6.54 Å². The van der Waals surface area contributed by atoms with Crippen molar-refractivity contribution in [2.45, 2.75) is 24.8 Å². The third kappa shape index (κ3) is 5.69. The molecule has 2 N–H and O–H groups in total. The van der Waals surface area contributed by atoms with Gasteiger partial charge in [-0.3, -0.25) is 9.59 Å². The Bertz CT molecular complexity index is 707. The minimum atomic E-state index is -3.91. The molecule has 0 aliphatic rings.